The Kier molecular flexibility index (Phi) is 4.62. The summed E-state index contributed by atoms with van der Waals surface area (Å²) in [5.74, 6) is -0.716. The summed E-state index contributed by atoms with van der Waals surface area (Å²) in [5.41, 5.74) is 1.11. The van der Waals surface area contributed by atoms with Crippen LogP contribution < -0.4 is 5.11 Å². The molecule has 0 spiro atoms. The van der Waals surface area contributed by atoms with Gasteiger partial charge in [-0.1, -0.05) is 30.3 Å². The molecule has 0 fully saturated rings. The van der Waals surface area contributed by atoms with Crippen LogP contribution in [0.15, 0.2) is 71.1 Å². The number of non-ortho nitro benzene ring substituents is 1. The van der Waals surface area contributed by atoms with Crippen molar-refractivity contribution >= 4 is 28.6 Å². The standard InChI is InChI=1S/C20H15N3O4S/c24-18-9-8-14(23(26)27)11-15(18)17-12-16(19-7-4-10-28-19)21-22(17)20(25)13-5-2-1-3-6-13/h1-11,17,24H,12H2/p-1/t17-/m1/s1. The summed E-state index contributed by atoms with van der Waals surface area (Å²) in [6, 6.07) is 15.3. The van der Waals surface area contributed by atoms with Crippen LogP contribution in [0.5, 0.6) is 5.75 Å². The van der Waals surface area contributed by atoms with Crippen molar-refractivity contribution in [2.45, 2.75) is 12.5 Å². The number of hydrogen-bond acceptors (Lipinski definition) is 6. The van der Waals surface area contributed by atoms with E-state index in [4.69, 9.17) is 0 Å². The second kappa shape index (κ2) is 7.24. The van der Waals surface area contributed by atoms with Crippen LogP contribution in [0.2, 0.25) is 0 Å². The highest BCUT2D eigenvalue weighted by Crippen LogP contribution is 2.39. The molecule has 2 aromatic carbocycles. The molecule has 8 heteroatoms. The third-order valence-electron chi connectivity index (χ3n) is 4.51. The van der Waals surface area contributed by atoms with Crippen LogP contribution >= 0.6 is 11.3 Å². The summed E-state index contributed by atoms with van der Waals surface area (Å²) < 4.78 is 0. The highest BCUT2D eigenvalue weighted by atomic mass is 32.1. The lowest BCUT2D eigenvalue weighted by Crippen LogP contribution is -2.27. The van der Waals surface area contributed by atoms with Gasteiger partial charge in [-0.05, 0) is 29.1 Å². The fourth-order valence-electron chi connectivity index (χ4n) is 3.15. The summed E-state index contributed by atoms with van der Waals surface area (Å²) in [4.78, 5) is 24.6. The first-order valence-electron chi connectivity index (χ1n) is 8.50. The molecule has 0 bridgehead atoms. The molecule has 2 heterocycles. The molecule has 0 N–H and O–H groups in total. The van der Waals surface area contributed by atoms with Gasteiger partial charge >= 0.3 is 0 Å². The molecule has 1 aromatic heterocycles. The number of carbonyl (C=O) groups excluding carboxylic acids is 1. The van der Waals surface area contributed by atoms with E-state index in [1.807, 2.05) is 17.5 Å². The van der Waals surface area contributed by atoms with E-state index in [2.05, 4.69) is 5.10 Å². The summed E-state index contributed by atoms with van der Waals surface area (Å²) >= 11 is 1.48. The van der Waals surface area contributed by atoms with Crippen molar-refractivity contribution in [1.82, 2.24) is 5.01 Å². The van der Waals surface area contributed by atoms with E-state index in [-0.39, 0.29) is 22.9 Å². The van der Waals surface area contributed by atoms with E-state index >= 15 is 0 Å². The van der Waals surface area contributed by atoms with Gasteiger partial charge in [-0.25, -0.2) is 5.01 Å². The van der Waals surface area contributed by atoms with Gasteiger partial charge in [0.25, 0.3) is 11.6 Å². The zero-order valence-electron chi connectivity index (χ0n) is 14.5. The van der Waals surface area contributed by atoms with Crippen LogP contribution in [0, 0.1) is 10.1 Å². The maximum absolute atomic E-state index is 13.1. The minimum absolute atomic E-state index is 0.189. The molecule has 1 aliphatic rings. The van der Waals surface area contributed by atoms with E-state index in [1.165, 1.54) is 34.5 Å². The largest absolute Gasteiger partial charge is 0.872 e. The molecule has 1 aliphatic heterocycles. The molecule has 0 saturated carbocycles. The number of nitrogens with zero attached hydrogens (tertiary/aromatic N) is 3. The number of nitro groups is 1. The fourth-order valence-corrected chi connectivity index (χ4v) is 3.88. The van der Waals surface area contributed by atoms with Crippen LogP contribution in [-0.4, -0.2) is 21.6 Å². The average Bonchev–Trinajstić information content (AvgIpc) is 3.38. The van der Waals surface area contributed by atoms with Gasteiger partial charge < -0.3 is 5.11 Å². The Labute approximate surface area is 164 Å². The van der Waals surface area contributed by atoms with Gasteiger partial charge in [0.05, 0.1) is 21.6 Å². The Balaban J connectivity index is 1.78. The third kappa shape index (κ3) is 3.25. The minimum Gasteiger partial charge on any atom is -0.872 e. The predicted molar refractivity (Wildman–Crippen MR) is 103 cm³/mol. The van der Waals surface area contributed by atoms with Crippen LogP contribution in [0.1, 0.15) is 33.3 Å². The first-order valence-corrected chi connectivity index (χ1v) is 9.38. The number of hydrogen-bond donors (Lipinski definition) is 0. The molecule has 3 aromatic rings. The number of carbonyl (C=O) groups is 1. The lowest BCUT2D eigenvalue weighted by molar-refractivity contribution is -0.385. The lowest BCUT2D eigenvalue weighted by Gasteiger charge is -2.25. The molecule has 0 unspecified atom stereocenters. The summed E-state index contributed by atoms with van der Waals surface area (Å²) in [6.45, 7) is 0. The molecule has 1 amide bonds. The molecule has 1 atom stereocenters. The first kappa shape index (κ1) is 17.9. The first-order chi connectivity index (χ1) is 13.5. The van der Waals surface area contributed by atoms with E-state index < -0.39 is 11.0 Å². The molecule has 0 aliphatic carbocycles. The van der Waals surface area contributed by atoms with Gasteiger partial charge in [0.15, 0.2) is 0 Å². The molecular weight excluding hydrogens is 378 g/mol. The maximum atomic E-state index is 13.1. The molecule has 28 heavy (non-hydrogen) atoms. The predicted octanol–water partition coefficient (Wildman–Crippen LogP) is 3.72. The molecule has 140 valence electrons. The van der Waals surface area contributed by atoms with Crippen LogP contribution in [0.25, 0.3) is 0 Å². The van der Waals surface area contributed by atoms with Crippen LogP contribution in [-0.2, 0) is 0 Å². The summed E-state index contributed by atoms with van der Waals surface area (Å²) in [6.07, 6.45) is 0.315. The normalized spacial score (nSPS) is 16.1. The van der Waals surface area contributed by atoms with Crippen molar-refractivity contribution in [3.05, 3.63) is 92.2 Å². The van der Waals surface area contributed by atoms with Crippen molar-refractivity contribution < 1.29 is 14.8 Å². The Morgan fingerprint density at radius 3 is 2.61 bits per heavy atom. The quantitative estimate of drug-likeness (QED) is 0.499. The van der Waals surface area contributed by atoms with Crippen molar-refractivity contribution in [3.63, 3.8) is 0 Å². The number of hydrazone groups is 1. The van der Waals surface area contributed by atoms with E-state index in [9.17, 15) is 20.0 Å². The molecule has 0 radical (unpaired) electrons. The Morgan fingerprint density at radius 1 is 1.14 bits per heavy atom. The van der Waals surface area contributed by atoms with Gasteiger partial charge in [0, 0.05) is 24.1 Å². The maximum Gasteiger partial charge on any atom is 0.274 e. The van der Waals surface area contributed by atoms with Gasteiger partial charge in [-0.2, -0.15) is 5.10 Å². The Hall–Kier alpha value is -3.52. The Morgan fingerprint density at radius 2 is 1.93 bits per heavy atom. The van der Waals surface area contributed by atoms with Crippen LogP contribution in [0.3, 0.4) is 0 Å². The van der Waals surface area contributed by atoms with Gasteiger partial charge in [-0.3, -0.25) is 14.9 Å². The minimum atomic E-state index is -0.697. The van der Waals surface area contributed by atoms with Gasteiger partial charge in [0.1, 0.15) is 0 Å². The fraction of sp³-hybridized carbons (Fsp3) is 0.100. The van der Waals surface area contributed by atoms with E-state index in [1.54, 1.807) is 30.3 Å². The average molecular weight is 392 g/mol. The monoisotopic (exact) mass is 392 g/mol. The number of thiophene rings is 1. The highest BCUT2D eigenvalue weighted by molar-refractivity contribution is 7.12. The SMILES string of the molecule is O=C(c1ccccc1)N1N=C(c2cccs2)C[C@@H]1c1cc([N+](=O)[O-])ccc1[O-]. The number of nitro benzene ring substituents is 1. The topological polar surface area (TPSA) is 98.9 Å². The van der Waals surface area contributed by atoms with Crippen molar-refractivity contribution in [2.24, 2.45) is 5.10 Å². The highest BCUT2D eigenvalue weighted by Gasteiger charge is 2.35. The second-order valence-electron chi connectivity index (χ2n) is 6.24. The zero-order chi connectivity index (χ0) is 19.7. The smallest absolute Gasteiger partial charge is 0.274 e. The summed E-state index contributed by atoms with van der Waals surface area (Å²) in [5, 5.41) is 31.3. The van der Waals surface area contributed by atoms with Crippen molar-refractivity contribution in [1.29, 1.82) is 0 Å². The third-order valence-corrected chi connectivity index (χ3v) is 5.43. The Bertz CT molecular complexity index is 1060. The molecule has 7 nitrogen and oxygen atoms in total. The van der Waals surface area contributed by atoms with E-state index in [0.717, 1.165) is 4.88 Å². The van der Waals surface area contributed by atoms with Crippen LogP contribution in [0.4, 0.5) is 5.69 Å². The summed E-state index contributed by atoms with van der Waals surface area (Å²) in [7, 11) is 0. The molecular formula is C20H14N3O4S-. The molecule has 4 rings (SSSR count). The molecule has 0 saturated heterocycles. The number of amides is 1. The van der Waals surface area contributed by atoms with Crippen molar-refractivity contribution in [3.8, 4) is 5.75 Å². The van der Waals surface area contributed by atoms with Gasteiger partial charge in [0.2, 0.25) is 0 Å². The van der Waals surface area contributed by atoms with Crippen molar-refractivity contribution in [2.75, 3.05) is 0 Å². The lowest BCUT2D eigenvalue weighted by atomic mass is 9.99. The number of rotatable bonds is 4. The zero-order valence-corrected chi connectivity index (χ0v) is 15.3. The second-order valence-corrected chi connectivity index (χ2v) is 7.19. The van der Waals surface area contributed by atoms with E-state index in [0.29, 0.717) is 17.7 Å². The number of benzene rings is 2. The van der Waals surface area contributed by atoms with Gasteiger partial charge in [-0.15, -0.1) is 17.1 Å².